The van der Waals surface area contributed by atoms with Gasteiger partial charge in [-0.3, -0.25) is 9.59 Å². The second-order valence-electron chi connectivity index (χ2n) is 6.49. The van der Waals surface area contributed by atoms with Gasteiger partial charge in [-0.25, -0.2) is 9.37 Å². The first kappa shape index (κ1) is 19.4. The Labute approximate surface area is 162 Å². The number of piperidine rings is 1. The summed E-state index contributed by atoms with van der Waals surface area (Å²) in [6.45, 7) is 1.69. The molecule has 0 radical (unpaired) electrons. The fourth-order valence-corrected chi connectivity index (χ4v) is 3.75. The molecule has 1 fully saturated rings. The van der Waals surface area contributed by atoms with E-state index in [-0.39, 0.29) is 17.4 Å². The Morgan fingerprint density at radius 1 is 1.19 bits per heavy atom. The summed E-state index contributed by atoms with van der Waals surface area (Å²) in [7, 11) is 0. The number of carbonyl (C=O) groups excluding carboxylic acids is 2. The average molecular weight is 387 g/mol. The van der Waals surface area contributed by atoms with Crippen LogP contribution in [0.5, 0.6) is 0 Å². The molecule has 2 aromatic rings. The third kappa shape index (κ3) is 4.66. The van der Waals surface area contributed by atoms with E-state index in [9.17, 15) is 14.0 Å². The van der Waals surface area contributed by atoms with Crippen molar-refractivity contribution < 1.29 is 14.0 Å². The Balaban J connectivity index is 1.50. The molecule has 1 aliphatic heterocycles. The number of rotatable bonds is 5. The summed E-state index contributed by atoms with van der Waals surface area (Å²) in [5.74, 6) is -0.584. The maximum absolute atomic E-state index is 13.8. The lowest BCUT2D eigenvalue weighted by atomic mass is 9.96. The smallest absolute Gasteiger partial charge is 0.256 e. The molecule has 1 saturated heterocycles. The van der Waals surface area contributed by atoms with E-state index < -0.39 is 5.82 Å². The number of benzene rings is 1. The minimum Gasteiger partial charge on any atom is -0.352 e. The predicted molar refractivity (Wildman–Crippen MR) is 103 cm³/mol. The Hall–Kier alpha value is -2.41. The average Bonchev–Trinajstić information content (AvgIpc) is 2.72. The fourth-order valence-electron chi connectivity index (χ4n) is 3.20. The number of pyridine rings is 1. The van der Waals surface area contributed by atoms with E-state index in [1.54, 1.807) is 35.4 Å². The molecule has 7 heteroatoms. The molecular weight excluding hydrogens is 365 g/mol. The van der Waals surface area contributed by atoms with Gasteiger partial charge in [-0.15, -0.1) is 11.8 Å². The van der Waals surface area contributed by atoms with Crippen LogP contribution in [0.15, 0.2) is 47.6 Å². The van der Waals surface area contributed by atoms with Gasteiger partial charge in [0.05, 0.1) is 11.1 Å². The van der Waals surface area contributed by atoms with E-state index in [1.165, 1.54) is 23.9 Å². The van der Waals surface area contributed by atoms with Gasteiger partial charge in [-0.2, -0.15) is 0 Å². The Morgan fingerprint density at radius 2 is 1.89 bits per heavy atom. The molecule has 0 bridgehead atoms. The molecule has 1 aromatic carbocycles. The molecule has 2 amide bonds. The van der Waals surface area contributed by atoms with E-state index in [2.05, 4.69) is 10.3 Å². The van der Waals surface area contributed by atoms with Crippen molar-refractivity contribution in [1.29, 1.82) is 0 Å². The van der Waals surface area contributed by atoms with Gasteiger partial charge in [0, 0.05) is 25.8 Å². The summed E-state index contributed by atoms with van der Waals surface area (Å²) in [6, 6.07) is 9.58. The quantitative estimate of drug-likeness (QED) is 0.800. The zero-order valence-corrected chi connectivity index (χ0v) is 16.0. The van der Waals surface area contributed by atoms with E-state index >= 15 is 0 Å². The lowest BCUT2D eigenvalue weighted by Gasteiger charge is -2.32. The zero-order chi connectivity index (χ0) is 19.2. The van der Waals surface area contributed by atoms with Crippen LogP contribution in [0.4, 0.5) is 4.39 Å². The van der Waals surface area contributed by atoms with Crippen LogP contribution in [0, 0.1) is 11.7 Å². The first-order chi connectivity index (χ1) is 13.1. The van der Waals surface area contributed by atoms with Crippen molar-refractivity contribution in [3.05, 3.63) is 59.5 Å². The zero-order valence-electron chi connectivity index (χ0n) is 15.2. The predicted octanol–water partition coefficient (Wildman–Crippen LogP) is 3.22. The van der Waals surface area contributed by atoms with Crippen LogP contribution >= 0.6 is 11.8 Å². The molecule has 1 N–H and O–H groups in total. The van der Waals surface area contributed by atoms with Crippen molar-refractivity contribution in [3.63, 3.8) is 0 Å². The van der Waals surface area contributed by atoms with Crippen LogP contribution in [0.2, 0.25) is 0 Å². The summed E-state index contributed by atoms with van der Waals surface area (Å²) < 4.78 is 13.8. The van der Waals surface area contributed by atoms with Crippen molar-refractivity contribution in [1.82, 2.24) is 15.2 Å². The van der Waals surface area contributed by atoms with Gasteiger partial charge in [-0.1, -0.05) is 12.1 Å². The van der Waals surface area contributed by atoms with Crippen molar-refractivity contribution in [2.75, 3.05) is 25.9 Å². The minimum absolute atomic E-state index is 0.116. The highest BCUT2D eigenvalue weighted by atomic mass is 32.2. The Bertz CT molecular complexity index is 822. The number of carbonyl (C=O) groups is 2. The van der Waals surface area contributed by atoms with Crippen molar-refractivity contribution >= 4 is 23.6 Å². The van der Waals surface area contributed by atoms with Crippen LogP contribution < -0.4 is 5.32 Å². The van der Waals surface area contributed by atoms with E-state index in [1.807, 2.05) is 6.26 Å². The number of aromatic nitrogens is 1. The van der Waals surface area contributed by atoms with Gasteiger partial charge >= 0.3 is 0 Å². The molecule has 0 unspecified atom stereocenters. The number of nitrogens with zero attached hydrogens (tertiary/aromatic N) is 2. The van der Waals surface area contributed by atoms with Crippen LogP contribution in [-0.2, 0) is 0 Å². The number of nitrogens with one attached hydrogen (secondary N) is 1. The van der Waals surface area contributed by atoms with Crippen LogP contribution in [0.3, 0.4) is 0 Å². The maximum Gasteiger partial charge on any atom is 0.256 e. The molecule has 3 rings (SSSR count). The van der Waals surface area contributed by atoms with Crippen molar-refractivity contribution in [3.8, 4) is 0 Å². The molecule has 1 aromatic heterocycles. The summed E-state index contributed by atoms with van der Waals surface area (Å²) >= 11 is 1.44. The third-order valence-electron chi connectivity index (χ3n) is 4.77. The minimum atomic E-state index is -0.488. The molecule has 0 spiro atoms. The molecule has 0 atom stereocenters. The van der Waals surface area contributed by atoms with E-state index in [0.717, 1.165) is 12.8 Å². The van der Waals surface area contributed by atoms with Gasteiger partial charge in [0.15, 0.2) is 0 Å². The number of hydrogen-bond donors (Lipinski definition) is 1. The highest BCUT2D eigenvalue weighted by Gasteiger charge is 2.25. The van der Waals surface area contributed by atoms with Gasteiger partial charge in [0.1, 0.15) is 10.8 Å². The van der Waals surface area contributed by atoms with Crippen molar-refractivity contribution in [2.45, 2.75) is 17.9 Å². The molecular formula is C20H22FN3O2S. The normalized spacial score (nSPS) is 14.8. The molecule has 5 nitrogen and oxygen atoms in total. The highest BCUT2D eigenvalue weighted by molar-refractivity contribution is 7.98. The second-order valence-corrected chi connectivity index (χ2v) is 7.28. The van der Waals surface area contributed by atoms with E-state index in [0.29, 0.717) is 36.1 Å². The Morgan fingerprint density at radius 3 is 2.59 bits per heavy atom. The van der Waals surface area contributed by atoms with Gasteiger partial charge in [0.25, 0.3) is 11.8 Å². The number of halogens is 1. The van der Waals surface area contributed by atoms with Crippen LogP contribution in [-0.4, -0.2) is 47.6 Å². The van der Waals surface area contributed by atoms with Gasteiger partial charge < -0.3 is 10.2 Å². The highest BCUT2D eigenvalue weighted by Crippen LogP contribution is 2.20. The molecule has 2 heterocycles. The largest absolute Gasteiger partial charge is 0.352 e. The summed E-state index contributed by atoms with van der Waals surface area (Å²) in [5.41, 5.74) is 0.697. The Kier molecular flexibility index (Phi) is 6.45. The lowest BCUT2D eigenvalue weighted by molar-refractivity contribution is 0.0679. The van der Waals surface area contributed by atoms with Crippen LogP contribution in [0.1, 0.15) is 33.6 Å². The summed E-state index contributed by atoms with van der Waals surface area (Å²) in [5, 5.41) is 3.68. The summed E-state index contributed by atoms with van der Waals surface area (Å²) in [6.07, 6.45) is 5.12. The molecule has 0 aliphatic carbocycles. The lowest BCUT2D eigenvalue weighted by Crippen LogP contribution is -2.41. The van der Waals surface area contributed by atoms with Gasteiger partial charge in [-0.05, 0) is 49.3 Å². The molecule has 27 heavy (non-hydrogen) atoms. The molecule has 142 valence electrons. The van der Waals surface area contributed by atoms with Crippen molar-refractivity contribution in [2.24, 2.45) is 5.92 Å². The summed E-state index contributed by atoms with van der Waals surface area (Å²) in [4.78, 5) is 30.7. The SMILES string of the molecule is CSc1ncccc1C(=O)NCC1CCN(C(=O)c2ccccc2F)CC1. The van der Waals surface area contributed by atoms with Gasteiger partial charge in [0.2, 0.25) is 0 Å². The number of amides is 2. The fraction of sp³-hybridized carbons (Fsp3) is 0.350. The molecule has 1 aliphatic rings. The first-order valence-corrected chi connectivity index (χ1v) is 10.1. The van der Waals surface area contributed by atoms with E-state index in [4.69, 9.17) is 0 Å². The number of hydrogen-bond acceptors (Lipinski definition) is 4. The molecule has 0 saturated carbocycles. The standard InChI is InChI=1S/C20H22FN3O2S/c1-27-19-16(6-4-10-22-19)18(25)23-13-14-8-11-24(12-9-14)20(26)15-5-2-3-7-17(15)21/h2-7,10,14H,8-9,11-13H2,1H3,(H,23,25). The topological polar surface area (TPSA) is 62.3 Å². The maximum atomic E-state index is 13.8. The van der Waals surface area contributed by atoms with Crippen LogP contribution in [0.25, 0.3) is 0 Å². The second kappa shape index (κ2) is 8.99. The number of likely N-dealkylation sites (tertiary alicyclic amines) is 1. The monoisotopic (exact) mass is 387 g/mol. The third-order valence-corrected chi connectivity index (χ3v) is 5.48. The number of thioether (sulfide) groups is 1. The first-order valence-electron chi connectivity index (χ1n) is 8.91.